The van der Waals surface area contributed by atoms with Crippen molar-refractivity contribution in [2.45, 2.75) is 42.9 Å². The van der Waals surface area contributed by atoms with Crippen LogP contribution in [0.1, 0.15) is 26.7 Å². The minimum atomic E-state index is -0.104. The van der Waals surface area contributed by atoms with Crippen LogP contribution in [0.3, 0.4) is 0 Å². The molecule has 0 radical (unpaired) electrons. The van der Waals surface area contributed by atoms with E-state index in [9.17, 15) is 9.59 Å². The molecule has 19 heavy (non-hydrogen) atoms. The van der Waals surface area contributed by atoms with Gasteiger partial charge in [0.15, 0.2) is 0 Å². The van der Waals surface area contributed by atoms with Gasteiger partial charge >= 0.3 is 0 Å². The zero-order valence-electron chi connectivity index (χ0n) is 11.1. The summed E-state index contributed by atoms with van der Waals surface area (Å²) in [4.78, 5) is 23.7. The molecule has 0 spiro atoms. The summed E-state index contributed by atoms with van der Waals surface area (Å²) in [6, 6.07) is 7.91. The Balaban J connectivity index is 1.87. The van der Waals surface area contributed by atoms with Crippen molar-refractivity contribution in [3.8, 4) is 0 Å². The fourth-order valence-corrected chi connectivity index (χ4v) is 2.50. The van der Waals surface area contributed by atoms with Crippen LogP contribution < -0.4 is 10.6 Å². The second kappa shape index (κ2) is 6.10. The van der Waals surface area contributed by atoms with Crippen LogP contribution in [-0.2, 0) is 9.59 Å². The SMILES string of the molecule is CC(=O)Nc1ccc(SC(C)C(=O)NC2CC2)cc1. The van der Waals surface area contributed by atoms with E-state index in [1.165, 1.54) is 18.7 Å². The molecular weight excluding hydrogens is 260 g/mol. The number of benzene rings is 1. The number of thioether (sulfide) groups is 1. The van der Waals surface area contributed by atoms with Crippen LogP contribution in [0.4, 0.5) is 5.69 Å². The molecule has 5 heteroatoms. The van der Waals surface area contributed by atoms with Gasteiger partial charge in [-0.05, 0) is 44.0 Å². The molecular formula is C14H18N2O2S. The first-order valence-corrected chi connectivity index (χ1v) is 7.27. The average Bonchev–Trinajstić information content (AvgIpc) is 3.14. The van der Waals surface area contributed by atoms with Crippen molar-refractivity contribution in [3.05, 3.63) is 24.3 Å². The average molecular weight is 278 g/mol. The number of amides is 2. The highest BCUT2D eigenvalue weighted by Crippen LogP contribution is 2.26. The molecule has 1 atom stereocenters. The fraction of sp³-hybridized carbons (Fsp3) is 0.429. The first-order valence-electron chi connectivity index (χ1n) is 6.39. The van der Waals surface area contributed by atoms with Gasteiger partial charge in [-0.1, -0.05) is 0 Å². The summed E-state index contributed by atoms with van der Waals surface area (Å²) in [5.74, 6) is 0.0102. The molecule has 1 aromatic carbocycles. The number of rotatable bonds is 5. The highest BCUT2D eigenvalue weighted by Gasteiger charge is 2.25. The van der Waals surface area contributed by atoms with Crippen molar-refractivity contribution >= 4 is 29.3 Å². The third-order valence-electron chi connectivity index (χ3n) is 2.78. The Bertz CT molecular complexity index is 469. The number of hydrogen-bond acceptors (Lipinski definition) is 3. The lowest BCUT2D eigenvalue weighted by Crippen LogP contribution is -2.32. The van der Waals surface area contributed by atoms with Crippen molar-refractivity contribution in [1.82, 2.24) is 5.32 Å². The zero-order chi connectivity index (χ0) is 13.8. The third-order valence-corrected chi connectivity index (χ3v) is 3.89. The number of carbonyl (C=O) groups is 2. The molecule has 1 aromatic rings. The molecule has 0 bridgehead atoms. The molecule has 1 unspecified atom stereocenters. The number of anilines is 1. The van der Waals surface area contributed by atoms with Gasteiger partial charge in [-0.15, -0.1) is 11.8 Å². The maximum Gasteiger partial charge on any atom is 0.233 e. The summed E-state index contributed by atoms with van der Waals surface area (Å²) in [7, 11) is 0. The van der Waals surface area contributed by atoms with E-state index in [4.69, 9.17) is 0 Å². The van der Waals surface area contributed by atoms with Crippen LogP contribution in [0.15, 0.2) is 29.2 Å². The quantitative estimate of drug-likeness (QED) is 0.813. The zero-order valence-corrected chi connectivity index (χ0v) is 11.9. The maximum atomic E-state index is 11.8. The molecule has 0 aromatic heterocycles. The predicted molar refractivity (Wildman–Crippen MR) is 77.2 cm³/mol. The molecule has 0 aliphatic heterocycles. The molecule has 102 valence electrons. The van der Waals surface area contributed by atoms with Crippen LogP contribution in [0.5, 0.6) is 0 Å². The lowest BCUT2D eigenvalue weighted by atomic mass is 10.3. The second-order valence-electron chi connectivity index (χ2n) is 4.75. The van der Waals surface area contributed by atoms with Gasteiger partial charge in [-0.25, -0.2) is 0 Å². The minimum Gasteiger partial charge on any atom is -0.352 e. The Kier molecular flexibility index (Phi) is 4.47. The number of nitrogens with one attached hydrogen (secondary N) is 2. The first-order chi connectivity index (χ1) is 9.04. The van der Waals surface area contributed by atoms with E-state index in [2.05, 4.69) is 10.6 Å². The van der Waals surface area contributed by atoms with E-state index in [0.29, 0.717) is 6.04 Å². The molecule has 1 fully saturated rings. The monoisotopic (exact) mass is 278 g/mol. The van der Waals surface area contributed by atoms with Gasteiger partial charge in [0.25, 0.3) is 0 Å². The van der Waals surface area contributed by atoms with Gasteiger partial charge in [0.2, 0.25) is 11.8 Å². The van der Waals surface area contributed by atoms with Crippen molar-refractivity contribution in [2.24, 2.45) is 0 Å². The van der Waals surface area contributed by atoms with Gasteiger partial charge in [-0.3, -0.25) is 9.59 Å². The first kappa shape index (κ1) is 13.9. The third kappa shape index (κ3) is 4.59. The summed E-state index contributed by atoms with van der Waals surface area (Å²) in [5.41, 5.74) is 0.770. The van der Waals surface area contributed by atoms with E-state index in [-0.39, 0.29) is 17.1 Å². The van der Waals surface area contributed by atoms with Crippen LogP contribution in [0.2, 0.25) is 0 Å². The van der Waals surface area contributed by atoms with E-state index in [1.54, 1.807) is 0 Å². The highest BCUT2D eigenvalue weighted by atomic mass is 32.2. The Labute approximate surface area is 117 Å². The van der Waals surface area contributed by atoms with Crippen molar-refractivity contribution < 1.29 is 9.59 Å². The molecule has 4 nitrogen and oxygen atoms in total. The standard InChI is InChI=1S/C14H18N2O2S/c1-9(14(18)16-12-3-4-12)19-13-7-5-11(6-8-13)15-10(2)17/h5-9,12H,3-4H2,1-2H3,(H,15,17)(H,16,18). The van der Waals surface area contributed by atoms with Gasteiger partial charge in [0.05, 0.1) is 5.25 Å². The van der Waals surface area contributed by atoms with E-state index in [0.717, 1.165) is 23.4 Å². The lowest BCUT2D eigenvalue weighted by molar-refractivity contribution is -0.120. The number of hydrogen-bond donors (Lipinski definition) is 2. The molecule has 2 N–H and O–H groups in total. The normalized spacial score (nSPS) is 15.7. The summed E-state index contributed by atoms with van der Waals surface area (Å²) < 4.78 is 0. The highest BCUT2D eigenvalue weighted by molar-refractivity contribution is 8.00. The molecule has 1 saturated carbocycles. The molecule has 1 aliphatic rings. The van der Waals surface area contributed by atoms with Crippen LogP contribution in [0, 0.1) is 0 Å². The van der Waals surface area contributed by atoms with Crippen LogP contribution in [0.25, 0.3) is 0 Å². The van der Waals surface area contributed by atoms with Crippen LogP contribution >= 0.6 is 11.8 Å². The molecule has 1 aliphatic carbocycles. The molecule has 2 amide bonds. The van der Waals surface area contributed by atoms with Crippen molar-refractivity contribution in [3.63, 3.8) is 0 Å². The van der Waals surface area contributed by atoms with Crippen molar-refractivity contribution in [2.75, 3.05) is 5.32 Å². The number of carbonyl (C=O) groups excluding carboxylic acids is 2. The largest absolute Gasteiger partial charge is 0.352 e. The Morgan fingerprint density at radius 1 is 1.26 bits per heavy atom. The Morgan fingerprint density at radius 2 is 1.89 bits per heavy atom. The fourth-order valence-electron chi connectivity index (χ4n) is 1.62. The van der Waals surface area contributed by atoms with Gasteiger partial charge in [-0.2, -0.15) is 0 Å². The summed E-state index contributed by atoms with van der Waals surface area (Å²) in [6.45, 7) is 3.39. The lowest BCUT2D eigenvalue weighted by Gasteiger charge is -2.11. The predicted octanol–water partition coefficient (Wildman–Crippen LogP) is 2.40. The Hall–Kier alpha value is -1.49. The van der Waals surface area contributed by atoms with Gasteiger partial charge < -0.3 is 10.6 Å². The van der Waals surface area contributed by atoms with E-state index in [1.807, 2.05) is 31.2 Å². The van der Waals surface area contributed by atoms with E-state index >= 15 is 0 Å². The molecule has 0 heterocycles. The van der Waals surface area contributed by atoms with Crippen molar-refractivity contribution in [1.29, 1.82) is 0 Å². The van der Waals surface area contributed by atoms with E-state index < -0.39 is 0 Å². The van der Waals surface area contributed by atoms with Gasteiger partial charge in [0.1, 0.15) is 0 Å². The van der Waals surface area contributed by atoms with Gasteiger partial charge in [0, 0.05) is 23.5 Å². The summed E-state index contributed by atoms with van der Waals surface area (Å²) >= 11 is 1.52. The summed E-state index contributed by atoms with van der Waals surface area (Å²) in [5, 5.41) is 5.61. The summed E-state index contributed by atoms with van der Waals surface area (Å²) in [6.07, 6.45) is 2.21. The maximum absolute atomic E-state index is 11.8. The smallest absolute Gasteiger partial charge is 0.233 e. The molecule has 0 saturated heterocycles. The second-order valence-corrected chi connectivity index (χ2v) is 6.16. The topological polar surface area (TPSA) is 58.2 Å². The van der Waals surface area contributed by atoms with Crippen LogP contribution in [-0.4, -0.2) is 23.1 Å². The minimum absolute atomic E-state index is 0.0856. The molecule has 2 rings (SSSR count). The Morgan fingerprint density at radius 3 is 2.42 bits per heavy atom.